The minimum atomic E-state index is -0.541. The lowest BCUT2D eigenvalue weighted by Crippen LogP contribution is -2.17. The van der Waals surface area contributed by atoms with Gasteiger partial charge in [0.25, 0.3) is 0 Å². The second kappa shape index (κ2) is 8.45. The lowest BCUT2D eigenvalue weighted by atomic mass is 10.1. The molecule has 0 aliphatic carbocycles. The molecule has 5 rings (SSSR count). The molecule has 1 unspecified atom stereocenters. The van der Waals surface area contributed by atoms with Crippen LogP contribution in [0.1, 0.15) is 17.4 Å². The van der Waals surface area contributed by atoms with Crippen LogP contribution in [0.5, 0.6) is 11.6 Å². The molecular formula is C23H17ClN4O2S. The van der Waals surface area contributed by atoms with Gasteiger partial charge in [0, 0.05) is 27.6 Å². The Morgan fingerprint density at radius 3 is 2.68 bits per heavy atom. The summed E-state index contributed by atoms with van der Waals surface area (Å²) in [5, 5.41) is 23.2. The molecule has 0 fully saturated rings. The number of phenolic OH excluding ortho intramolecular Hbond substituents is 1. The molecule has 1 aliphatic rings. The normalized spacial score (nSPS) is 14.5. The van der Waals surface area contributed by atoms with E-state index in [9.17, 15) is 5.11 Å². The average Bonchev–Trinajstić information content (AvgIpc) is 2.95. The summed E-state index contributed by atoms with van der Waals surface area (Å²) in [6, 6.07) is 22.4. The molecule has 2 heterocycles. The molecule has 1 aromatic heterocycles. The molecule has 0 saturated heterocycles. The summed E-state index contributed by atoms with van der Waals surface area (Å²) in [5.74, 6) is 1.24. The van der Waals surface area contributed by atoms with E-state index in [1.807, 2.05) is 54.6 Å². The number of ether oxygens (including phenoxy) is 1. The van der Waals surface area contributed by atoms with Gasteiger partial charge in [-0.05, 0) is 35.9 Å². The van der Waals surface area contributed by atoms with E-state index in [0.29, 0.717) is 27.5 Å². The zero-order valence-corrected chi connectivity index (χ0v) is 17.8. The van der Waals surface area contributed by atoms with Crippen molar-refractivity contribution < 1.29 is 9.84 Å². The predicted molar refractivity (Wildman–Crippen MR) is 121 cm³/mol. The molecule has 0 saturated carbocycles. The van der Waals surface area contributed by atoms with Crippen molar-refractivity contribution >= 4 is 29.1 Å². The first kappa shape index (κ1) is 19.7. The quantitative estimate of drug-likeness (QED) is 0.388. The Morgan fingerprint density at radius 1 is 1.00 bits per heavy atom. The van der Waals surface area contributed by atoms with E-state index in [2.05, 4.69) is 20.5 Å². The fourth-order valence-electron chi connectivity index (χ4n) is 3.28. The predicted octanol–water partition coefficient (Wildman–Crippen LogP) is 5.69. The molecule has 31 heavy (non-hydrogen) atoms. The maximum absolute atomic E-state index is 9.91. The third-order valence-corrected chi connectivity index (χ3v) is 5.95. The van der Waals surface area contributed by atoms with Crippen molar-refractivity contribution in [3.05, 3.63) is 88.9 Å². The zero-order valence-electron chi connectivity index (χ0n) is 16.2. The Hall–Kier alpha value is -3.29. The van der Waals surface area contributed by atoms with E-state index >= 15 is 0 Å². The Bertz CT molecular complexity index is 1240. The van der Waals surface area contributed by atoms with Crippen LogP contribution < -0.4 is 10.1 Å². The summed E-state index contributed by atoms with van der Waals surface area (Å²) < 4.78 is 6.22. The largest absolute Gasteiger partial charge is 0.508 e. The van der Waals surface area contributed by atoms with Crippen molar-refractivity contribution in [2.75, 3.05) is 5.32 Å². The van der Waals surface area contributed by atoms with Gasteiger partial charge >= 0.3 is 0 Å². The molecule has 0 amide bonds. The number of nitrogens with one attached hydrogen (secondary N) is 1. The Morgan fingerprint density at radius 2 is 1.84 bits per heavy atom. The van der Waals surface area contributed by atoms with Crippen LogP contribution in [0.4, 0.5) is 5.69 Å². The van der Waals surface area contributed by atoms with Crippen LogP contribution in [-0.4, -0.2) is 20.3 Å². The summed E-state index contributed by atoms with van der Waals surface area (Å²) in [6.45, 7) is 0. The highest BCUT2D eigenvalue weighted by Crippen LogP contribution is 2.39. The number of thioether (sulfide) groups is 1. The molecule has 8 heteroatoms. The lowest BCUT2D eigenvalue weighted by Gasteiger charge is -2.19. The van der Waals surface area contributed by atoms with Gasteiger partial charge in [-0.3, -0.25) is 0 Å². The molecule has 1 atom stereocenters. The molecule has 0 bridgehead atoms. The summed E-state index contributed by atoms with van der Waals surface area (Å²) in [6.07, 6.45) is -0.541. The van der Waals surface area contributed by atoms with E-state index in [1.54, 1.807) is 18.2 Å². The van der Waals surface area contributed by atoms with Crippen LogP contribution >= 0.6 is 23.4 Å². The first-order valence-electron chi connectivity index (χ1n) is 9.59. The van der Waals surface area contributed by atoms with Gasteiger partial charge in [0.05, 0.1) is 0 Å². The van der Waals surface area contributed by atoms with E-state index in [-0.39, 0.29) is 5.75 Å². The van der Waals surface area contributed by atoms with E-state index in [0.717, 1.165) is 22.4 Å². The molecule has 2 N–H and O–H groups in total. The van der Waals surface area contributed by atoms with Gasteiger partial charge in [0.2, 0.25) is 11.0 Å². The van der Waals surface area contributed by atoms with Crippen LogP contribution in [0, 0.1) is 0 Å². The highest BCUT2D eigenvalue weighted by molar-refractivity contribution is 7.98. The topological polar surface area (TPSA) is 80.2 Å². The van der Waals surface area contributed by atoms with Crippen molar-refractivity contribution in [2.24, 2.45) is 0 Å². The summed E-state index contributed by atoms with van der Waals surface area (Å²) in [7, 11) is 0. The standard InChI is InChI=1S/C23H17ClN4O2S/c24-16-10-8-14(9-11-16)13-31-23-26-22-20(27-28-23)18-6-1-2-7-19(18)25-21(30-22)15-4-3-5-17(29)12-15/h1-12,21,25,29H,13H2. The maximum atomic E-state index is 9.91. The molecule has 6 nitrogen and oxygen atoms in total. The van der Waals surface area contributed by atoms with E-state index < -0.39 is 6.23 Å². The fourth-order valence-corrected chi connectivity index (χ4v) is 4.14. The van der Waals surface area contributed by atoms with Crippen LogP contribution in [0.3, 0.4) is 0 Å². The van der Waals surface area contributed by atoms with E-state index in [4.69, 9.17) is 16.3 Å². The number of fused-ring (bicyclic) bond motifs is 3. The van der Waals surface area contributed by atoms with Gasteiger partial charge in [-0.25, -0.2) is 0 Å². The Kier molecular flexibility index (Phi) is 5.36. The van der Waals surface area contributed by atoms with Crippen molar-refractivity contribution in [3.8, 4) is 22.9 Å². The number of para-hydroxylation sites is 1. The molecule has 154 valence electrons. The van der Waals surface area contributed by atoms with E-state index in [1.165, 1.54) is 11.8 Å². The lowest BCUT2D eigenvalue weighted by molar-refractivity contribution is 0.225. The van der Waals surface area contributed by atoms with Crippen LogP contribution in [0.25, 0.3) is 11.3 Å². The van der Waals surface area contributed by atoms with Crippen molar-refractivity contribution in [1.82, 2.24) is 15.2 Å². The minimum absolute atomic E-state index is 0.167. The summed E-state index contributed by atoms with van der Waals surface area (Å²) in [5.41, 5.74) is 4.17. The molecule has 3 aromatic carbocycles. The maximum Gasteiger partial charge on any atom is 0.247 e. The fraction of sp³-hybridized carbons (Fsp3) is 0.0870. The second-order valence-corrected chi connectivity index (χ2v) is 8.33. The Labute approximate surface area is 188 Å². The number of anilines is 1. The van der Waals surface area contributed by atoms with Crippen molar-refractivity contribution in [1.29, 1.82) is 0 Å². The highest BCUT2D eigenvalue weighted by atomic mass is 35.5. The molecule has 0 radical (unpaired) electrons. The first-order valence-corrected chi connectivity index (χ1v) is 11.0. The van der Waals surface area contributed by atoms with Gasteiger partial charge in [0.15, 0.2) is 11.9 Å². The third kappa shape index (κ3) is 4.28. The summed E-state index contributed by atoms with van der Waals surface area (Å²) >= 11 is 7.43. The van der Waals surface area contributed by atoms with Gasteiger partial charge in [-0.15, -0.1) is 10.2 Å². The molecular weight excluding hydrogens is 432 g/mol. The van der Waals surface area contributed by atoms with Gasteiger partial charge in [-0.2, -0.15) is 4.98 Å². The van der Waals surface area contributed by atoms with Crippen LogP contribution in [0.15, 0.2) is 78.0 Å². The van der Waals surface area contributed by atoms with Crippen LogP contribution in [0.2, 0.25) is 5.02 Å². The Balaban J connectivity index is 1.48. The number of rotatable bonds is 4. The second-order valence-electron chi connectivity index (χ2n) is 6.95. The number of aromatic hydroxyl groups is 1. The molecule has 0 spiro atoms. The minimum Gasteiger partial charge on any atom is -0.508 e. The number of benzene rings is 3. The van der Waals surface area contributed by atoms with Gasteiger partial charge in [-0.1, -0.05) is 65.8 Å². The third-order valence-electron chi connectivity index (χ3n) is 4.79. The number of nitrogens with zero attached hydrogens (tertiary/aromatic N) is 3. The average molecular weight is 449 g/mol. The van der Waals surface area contributed by atoms with Crippen molar-refractivity contribution in [2.45, 2.75) is 17.1 Å². The monoisotopic (exact) mass is 448 g/mol. The van der Waals surface area contributed by atoms with Gasteiger partial charge < -0.3 is 15.2 Å². The number of halogens is 1. The SMILES string of the molecule is Oc1cccc(C2Nc3ccccc3-c3nnc(SCc4ccc(Cl)cc4)nc3O2)c1. The number of hydrogen-bond acceptors (Lipinski definition) is 7. The summed E-state index contributed by atoms with van der Waals surface area (Å²) in [4.78, 5) is 4.64. The number of hydrogen-bond donors (Lipinski definition) is 2. The highest BCUT2D eigenvalue weighted by Gasteiger charge is 2.26. The smallest absolute Gasteiger partial charge is 0.247 e. The molecule has 1 aliphatic heterocycles. The van der Waals surface area contributed by atoms with Gasteiger partial charge in [0.1, 0.15) is 5.75 Å². The zero-order chi connectivity index (χ0) is 21.2. The number of aromatic nitrogens is 3. The van der Waals surface area contributed by atoms with Crippen molar-refractivity contribution in [3.63, 3.8) is 0 Å². The first-order chi connectivity index (χ1) is 15.2. The van der Waals surface area contributed by atoms with Crippen LogP contribution in [-0.2, 0) is 5.75 Å². The molecule has 4 aromatic rings. The number of phenols is 1.